The van der Waals surface area contributed by atoms with E-state index in [1.54, 1.807) is 0 Å². The number of halogens is 2. The molecule has 5 rings (SSSR count). The van der Waals surface area contributed by atoms with E-state index in [2.05, 4.69) is 94.2 Å². The molecule has 0 spiro atoms. The van der Waals surface area contributed by atoms with Crippen molar-refractivity contribution >= 4 is 61.8 Å². The van der Waals surface area contributed by atoms with Gasteiger partial charge in [-0.05, 0) is 92.7 Å². The van der Waals surface area contributed by atoms with Crippen molar-refractivity contribution < 1.29 is 0 Å². The Morgan fingerprint density at radius 1 is 1.12 bits per heavy atom. The van der Waals surface area contributed by atoms with Gasteiger partial charge in [0.1, 0.15) is 0 Å². The van der Waals surface area contributed by atoms with E-state index in [9.17, 15) is 0 Å². The third-order valence-electron chi connectivity index (χ3n) is 6.86. The Bertz CT molecular complexity index is 1290. The minimum atomic E-state index is -0.158. The summed E-state index contributed by atoms with van der Waals surface area (Å²) in [5, 5.41) is 4.89. The molecule has 0 radical (unpaired) electrons. The topological polar surface area (TPSA) is 31.4 Å². The Balaban J connectivity index is 1.70. The van der Waals surface area contributed by atoms with Gasteiger partial charge in [0.25, 0.3) is 0 Å². The molecule has 3 aromatic rings. The largest absolute Gasteiger partial charge is 0.365 e. The van der Waals surface area contributed by atoms with Crippen LogP contribution in [0, 0.1) is 0 Å². The average molecular weight is 554 g/mol. The maximum atomic E-state index is 7.05. The lowest BCUT2D eigenvalue weighted by atomic mass is 9.86. The van der Waals surface area contributed by atoms with Crippen molar-refractivity contribution in [2.45, 2.75) is 38.4 Å². The SMILES string of the molecule is CC1=CC(C)(C)N(C)c2cc(Cl)c([C@H]3[C@H](c4ccccn4)NC(=S)N3c3ccc(Br)cc3)cc21. The predicted octanol–water partition coefficient (Wildman–Crippen LogP) is 7.31. The van der Waals surface area contributed by atoms with Crippen molar-refractivity contribution in [3.8, 4) is 0 Å². The van der Waals surface area contributed by atoms with E-state index in [0.29, 0.717) is 5.11 Å². The zero-order valence-electron chi connectivity index (χ0n) is 19.5. The van der Waals surface area contributed by atoms with Gasteiger partial charge in [-0.1, -0.05) is 39.7 Å². The Morgan fingerprint density at radius 3 is 2.53 bits per heavy atom. The highest BCUT2D eigenvalue weighted by molar-refractivity contribution is 9.10. The van der Waals surface area contributed by atoms with Gasteiger partial charge >= 0.3 is 0 Å². The number of hydrogen-bond acceptors (Lipinski definition) is 3. The number of allylic oxidation sites excluding steroid dienone is 1. The van der Waals surface area contributed by atoms with Crippen molar-refractivity contribution in [3.05, 3.63) is 93.2 Å². The summed E-state index contributed by atoms with van der Waals surface area (Å²) in [5.74, 6) is 0. The first-order valence-corrected chi connectivity index (χ1v) is 12.8. The van der Waals surface area contributed by atoms with E-state index in [4.69, 9.17) is 23.8 Å². The molecule has 34 heavy (non-hydrogen) atoms. The Morgan fingerprint density at radius 2 is 1.85 bits per heavy atom. The van der Waals surface area contributed by atoms with Crippen molar-refractivity contribution in [2.75, 3.05) is 16.8 Å². The lowest BCUT2D eigenvalue weighted by molar-refractivity contribution is 0.567. The second-order valence-electron chi connectivity index (χ2n) is 9.40. The standard InChI is InChI=1S/C27H26BrClN4S/c1-16-15-27(2,3)32(4)23-14-21(29)20(13-19(16)23)25-24(22-7-5-6-12-30-22)31-26(34)33(25)18-10-8-17(28)9-11-18/h5-15,24-25H,1-4H3,(H,31,34)/t24-,25-/m0/s1. The summed E-state index contributed by atoms with van der Waals surface area (Å²) in [5.41, 5.74) is 6.43. The number of hydrogen-bond donors (Lipinski definition) is 1. The number of pyridine rings is 1. The minimum absolute atomic E-state index is 0.0850. The van der Waals surface area contributed by atoms with Gasteiger partial charge in [-0.15, -0.1) is 0 Å². The summed E-state index contributed by atoms with van der Waals surface area (Å²) in [6.07, 6.45) is 4.13. The molecule has 3 heterocycles. The Hall–Kier alpha value is -2.41. The van der Waals surface area contributed by atoms with Crippen molar-refractivity contribution in [3.63, 3.8) is 0 Å². The molecule has 0 aliphatic carbocycles. The number of anilines is 2. The fraction of sp³-hybridized carbons (Fsp3) is 0.259. The van der Waals surface area contributed by atoms with Crippen LogP contribution in [-0.2, 0) is 0 Å². The Kier molecular flexibility index (Phi) is 5.95. The molecule has 2 aliphatic heterocycles. The van der Waals surface area contributed by atoms with Crippen LogP contribution in [0.1, 0.15) is 49.7 Å². The number of likely N-dealkylation sites (N-methyl/N-ethyl adjacent to an activating group) is 1. The molecule has 0 amide bonds. The van der Waals surface area contributed by atoms with Gasteiger partial charge in [-0.3, -0.25) is 4.98 Å². The molecule has 1 N–H and O–H groups in total. The molecule has 2 aliphatic rings. The second kappa shape index (κ2) is 8.67. The third-order valence-corrected chi connectivity index (χ3v) is 8.03. The maximum absolute atomic E-state index is 7.05. The molecule has 174 valence electrons. The fourth-order valence-electron chi connectivity index (χ4n) is 4.97. The van der Waals surface area contributed by atoms with Crippen LogP contribution in [0.25, 0.3) is 5.57 Å². The van der Waals surface area contributed by atoms with E-state index >= 15 is 0 Å². The molecule has 1 fully saturated rings. The first-order chi connectivity index (χ1) is 16.2. The smallest absolute Gasteiger partial charge is 0.174 e. The zero-order valence-corrected chi connectivity index (χ0v) is 22.7. The van der Waals surface area contributed by atoms with Crippen molar-refractivity contribution in [1.29, 1.82) is 0 Å². The third kappa shape index (κ3) is 3.92. The molecule has 0 unspecified atom stereocenters. The van der Waals surface area contributed by atoms with Gasteiger partial charge in [0, 0.05) is 39.7 Å². The van der Waals surface area contributed by atoms with Crippen LogP contribution in [0.5, 0.6) is 0 Å². The van der Waals surface area contributed by atoms with Crippen LogP contribution < -0.4 is 15.1 Å². The van der Waals surface area contributed by atoms with Crippen molar-refractivity contribution in [1.82, 2.24) is 10.3 Å². The van der Waals surface area contributed by atoms with E-state index in [1.165, 1.54) is 11.1 Å². The number of nitrogens with zero attached hydrogens (tertiary/aromatic N) is 3. The quantitative estimate of drug-likeness (QED) is 0.344. The van der Waals surface area contributed by atoms with Gasteiger partial charge < -0.3 is 15.1 Å². The number of nitrogens with one attached hydrogen (secondary N) is 1. The van der Waals surface area contributed by atoms with E-state index in [0.717, 1.165) is 32.1 Å². The minimum Gasteiger partial charge on any atom is -0.365 e. The molecular formula is C27H26BrClN4S. The van der Waals surface area contributed by atoms with E-state index < -0.39 is 0 Å². The molecule has 0 saturated carbocycles. The summed E-state index contributed by atoms with van der Waals surface area (Å²) in [6.45, 7) is 6.60. The number of rotatable bonds is 3. The van der Waals surface area contributed by atoms with Crippen LogP contribution in [0.2, 0.25) is 5.02 Å². The monoisotopic (exact) mass is 552 g/mol. The van der Waals surface area contributed by atoms with Gasteiger partial charge in [-0.2, -0.15) is 0 Å². The van der Waals surface area contributed by atoms with E-state index in [-0.39, 0.29) is 17.6 Å². The van der Waals surface area contributed by atoms with Gasteiger partial charge in [0.15, 0.2) is 5.11 Å². The molecule has 1 aromatic heterocycles. The maximum Gasteiger partial charge on any atom is 0.174 e. The van der Waals surface area contributed by atoms with Gasteiger partial charge in [0.2, 0.25) is 0 Å². The predicted molar refractivity (Wildman–Crippen MR) is 150 cm³/mol. The highest BCUT2D eigenvalue weighted by Crippen LogP contribution is 2.47. The van der Waals surface area contributed by atoms with E-state index in [1.807, 2.05) is 36.5 Å². The van der Waals surface area contributed by atoms with Gasteiger partial charge in [0.05, 0.1) is 23.3 Å². The van der Waals surface area contributed by atoms with Crippen molar-refractivity contribution in [2.24, 2.45) is 0 Å². The van der Waals surface area contributed by atoms with Crippen LogP contribution in [0.3, 0.4) is 0 Å². The number of fused-ring (bicyclic) bond motifs is 1. The number of aromatic nitrogens is 1. The summed E-state index contributed by atoms with van der Waals surface area (Å²) >= 11 is 16.5. The summed E-state index contributed by atoms with van der Waals surface area (Å²) in [7, 11) is 2.12. The molecule has 4 nitrogen and oxygen atoms in total. The first-order valence-electron chi connectivity index (χ1n) is 11.2. The lowest BCUT2D eigenvalue weighted by Crippen LogP contribution is -2.42. The second-order valence-corrected chi connectivity index (χ2v) is 11.1. The zero-order chi connectivity index (χ0) is 24.2. The van der Waals surface area contributed by atoms with Crippen LogP contribution in [0.15, 0.2) is 71.3 Å². The lowest BCUT2D eigenvalue weighted by Gasteiger charge is -2.41. The summed E-state index contributed by atoms with van der Waals surface area (Å²) in [4.78, 5) is 9.10. The number of thiocarbonyl (C=S) groups is 1. The summed E-state index contributed by atoms with van der Waals surface area (Å²) < 4.78 is 1.02. The highest BCUT2D eigenvalue weighted by Gasteiger charge is 2.42. The molecule has 2 aromatic carbocycles. The normalized spacial score (nSPS) is 21.2. The molecular weight excluding hydrogens is 528 g/mol. The van der Waals surface area contributed by atoms with Gasteiger partial charge in [-0.25, -0.2) is 0 Å². The fourth-order valence-corrected chi connectivity index (χ4v) is 5.85. The summed E-state index contributed by atoms with van der Waals surface area (Å²) in [6, 6.07) is 18.2. The molecule has 7 heteroatoms. The van der Waals surface area contributed by atoms with Crippen LogP contribution in [0.4, 0.5) is 11.4 Å². The average Bonchev–Trinajstić information content (AvgIpc) is 3.15. The molecule has 2 atom stereocenters. The van der Waals surface area contributed by atoms with Crippen LogP contribution >= 0.6 is 39.7 Å². The number of benzene rings is 2. The molecule has 1 saturated heterocycles. The highest BCUT2D eigenvalue weighted by atomic mass is 79.9. The first kappa shape index (κ1) is 23.3. The molecule has 0 bridgehead atoms. The Labute approximate surface area is 219 Å². The van der Waals surface area contributed by atoms with Crippen LogP contribution in [-0.4, -0.2) is 22.7 Å².